The largest absolute Gasteiger partial charge is 0.422 e. The van der Waals surface area contributed by atoms with E-state index in [1.165, 1.54) is 25.7 Å². The van der Waals surface area contributed by atoms with Crippen molar-refractivity contribution >= 4 is 10.5 Å². The predicted octanol–water partition coefficient (Wildman–Crippen LogP) is 1.23. The Morgan fingerprint density at radius 3 is 2.46 bits per heavy atom. The summed E-state index contributed by atoms with van der Waals surface area (Å²) in [5.74, 6) is 0. The first-order chi connectivity index (χ1) is 6.12. The average molecular weight is 203 g/mol. The van der Waals surface area contributed by atoms with Crippen LogP contribution < -0.4 is 5.32 Å². The Hall–Kier alpha value is 0.137. The highest BCUT2D eigenvalue weighted by Gasteiger charge is 2.13. The lowest BCUT2D eigenvalue weighted by molar-refractivity contribution is 0.122. The molecule has 2 nitrogen and oxygen atoms in total. The van der Waals surface area contributed by atoms with Crippen LogP contribution >= 0.6 is 0 Å². The second-order valence-electron chi connectivity index (χ2n) is 4.20. The molecule has 0 aliphatic heterocycles. The zero-order valence-electron chi connectivity index (χ0n) is 9.65. The smallest absolute Gasteiger partial charge is 0.146 e. The van der Waals surface area contributed by atoms with E-state index in [4.69, 9.17) is 4.43 Å². The number of hydrogen-bond donors (Lipinski definition) is 1. The first-order valence-electron chi connectivity index (χ1n) is 5.38. The number of unbranched alkanes of at least 4 members (excludes halogenated alkanes) is 3. The summed E-state index contributed by atoms with van der Waals surface area (Å²) < 4.78 is 5.44. The van der Waals surface area contributed by atoms with Crippen LogP contribution in [0.3, 0.4) is 0 Å². The first-order valence-corrected chi connectivity index (χ1v) is 6.20. The molecule has 3 heteroatoms. The van der Waals surface area contributed by atoms with Crippen molar-refractivity contribution in [1.29, 1.82) is 0 Å². The summed E-state index contributed by atoms with van der Waals surface area (Å²) in [6.45, 7) is 8.63. The monoisotopic (exact) mass is 203 g/mol. The summed E-state index contributed by atoms with van der Waals surface area (Å²) in [4.78, 5) is 0. The second kappa shape index (κ2) is 7.53. The third-order valence-electron chi connectivity index (χ3n) is 2.31. The van der Waals surface area contributed by atoms with E-state index >= 15 is 0 Å². The van der Waals surface area contributed by atoms with Gasteiger partial charge in [0.1, 0.15) is 10.5 Å². The highest BCUT2D eigenvalue weighted by Crippen LogP contribution is 2.04. The summed E-state index contributed by atoms with van der Waals surface area (Å²) in [5, 5.41) is 3.43. The molecule has 0 aromatic rings. The fourth-order valence-corrected chi connectivity index (χ4v) is 1.28. The molecule has 0 unspecified atom stereocenters. The number of nitrogens with one attached hydrogen (secondary N) is 1. The Balaban J connectivity index is 3.16. The fourth-order valence-electron chi connectivity index (χ4n) is 1.14. The summed E-state index contributed by atoms with van der Waals surface area (Å²) >= 11 is 0. The molecule has 13 heavy (non-hydrogen) atoms. The third-order valence-corrected chi connectivity index (χ3v) is 3.42. The molecule has 0 fully saturated rings. The normalized spacial score (nSPS) is 12.2. The van der Waals surface area contributed by atoms with Crippen LogP contribution in [0.15, 0.2) is 0 Å². The van der Waals surface area contributed by atoms with E-state index in [1.54, 1.807) is 0 Å². The maximum atomic E-state index is 5.44. The van der Waals surface area contributed by atoms with Gasteiger partial charge in [-0.15, -0.1) is 0 Å². The van der Waals surface area contributed by atoms with Gasteiger partial charge in [0.15, 0.2) is 0 Å². The predicted molar refractivity (Wildman–Crippen MR) is 62.1 cm³/mol. The Morgan fingerprint density at radius 2 is 1.92 bits per heavy atom. The lowest BCUT2D eigenvalue weighted by Gasteiger charge is -2.24. The van der Waals surface area contributed by atoms with Gasteiger partial charge in [-0.2, -0.15) is 0 Å². The van der Waals surface area contributed by atoms with Gasteiger partial charge in [-0.1, -0.05) is 26.2 Å². The van der Waals surface area contributed by atoms with Gasteiger partial charge in [-0.3, -0.25) is 0 Å². The molecule has 0 aliphatic carbocycles. The molecule has 0 heterocycles. The molecule has 0 amide bonds. The molecule has 0 bridgehead atoms. The van der Waals surface area contributed by atoms with Crippen LogP contribution in [0.4, 0.5) is 0 Å². The lowest BCUT2D eigenvalue weighted by atomic mass is 10.1. The van der Waals surface area contributed by atoms with Crippen molar-refractivity contribution in [3.05, 3.63) is 0 Å². The van der Waals surface area contributed by atoms with Crippen molar-refractivity contribution in [1.82, 2.24) is 5.32 Å². The minimum absolute atomic E-state index is 0.0387. The molecule has 0 saturated heterocycles. The second-order valence-corrected chi connectivity index (χ2v) is 4.61. The molecule has 0 atom stereocenters. The molecule has 0 saturated carbocycles. The summed E-state index contributed by atoms with van der Waals surface area (Å²) in [6, 6.07) is 0. The van der Waals surface area contributed by atoms with Gasteiger partial charge in [-0.05, 0) is 26.8 Å². The SMILES string of the molecule is CCCCCCNCC(C)(C)O[SiH3]. The van der Waals surface area contributed by atoms with Gasteiger partial charge in [-0.25, -0.2) is 0 Å². The van der Waals surface area contributed by atoms with E-state index in [0.717, 1.165) is 23.6 Å². The molecule has 0 radical (unpaired) electrons. The van der Waals surface area contributed by atoms with E-state index in [9.17, 15) is 0 Å². The Labute approximate surface area is 86.0 Å². The van der Waals surface area contributed by atoms with Crippen molar-refractivity contribution in [2.75, 3.05) is 13.1 Å². The van der Waals surface area contributed by atoms with E-state index < -0.39 is 0 Å². The number of rotatable bonds is 8. The highest BCUT2D eigenvalue weighted by molar-refractivity contribution is 5.98. The van der Waals surface area contributed by atoms with Crippen molar-refractivity contribution in [2.24, 2.45) is 0 Å². The highest BCUT2D eigenvalue weighted by atomic mass is 28.2. The summed E-state index contributed by atoms with van der Waals surface area (Å²) in [6.07, 6.45) is 5.33. The molecular weight excluding hydrogens is 178 g/mol. The molecule has 80 valence electrons. The van der Waals surface area contributed by atoms with Crippen LogP contribution in [0.1, 0.15) is 46.5 Å². The van der Waals surface area contributed by atoms with Gasteiger partial charge in [0, 0.05) is 6.54 Å². The number of hydrogen-bond acceptors (Lipinski definition) is 2. The Morgan fingerprint density at radius 1 is 1.23 bits per heavy atom. The topological polar surface area (TPSA) is 21.3 Å². The maximum Gasteiger partial charge on any atom is 0.146 e. The van der Waals surface area contributed by atoms with Crippen LogP contribution in [0.2, 0.25) is 0 Å². The minimum atomic E-state index is 0.0387. The quantitative estimate of drug-likeness (QED) is 0.473. The zero-order valence-corrected chi connectivity index (χ0v) is 11.7. The molecule has 0 aromatic heterocycles. The third kappa shape index (κ3) is 8.47. The first kappa shape index (κ1) is 13.1. The summed E-state index contributed by atoms with van der Waals surface area (Å²) in [5.41, 5.74) is 0.0387. The van der Waals surface area contributed by atoms with E-state index in [1.807, 2.05) is 0 Å². The van der Waals surface area contributed by atoms with Gasteiger partial charge in [0.25, 0.3) is 0 Å². The van der Waals surface area contributed by atoms with Crippen molar-refractivity contribution < 1.29 is 4.43 Å². The molecule has 1 N–H and O–H groups in total. The Kier molecular flexibility index (Phi) is 7.61. The van der Waals surface area contributed by atoms with Gasteiger partial charge >= 0.3 is 0 Å². The van der Waals surface area contributed by atoms with E-state index in [2.05, 4.69) is 26.1 Å². The molecule has 0 aliphatic rings. The van der Waals surface area contributed by atoms with Crippen molar-refractivity contribution in [2.45, 2.75) is 52.1 Å². The van der Waals surface area contributed by atoms with E-state index in [0.29, 0.717) is 0 Å². The molecular formula is C10H25NOSi. The van der Waals surface area contributed by atoms with Crippen LogP contribution in [-0.4, -0.2) is 29.2 Å². The Bertz CT molecular complexity index is 117. The van der Waals surface area contributed by atoms with Crippen molar-refractivity contribution in [3.63, 3.8) is 0 Å². The van der Waals surface area contributed by atoms with E-state index in [-0.39, 0.29) is 5.60 Å². The lowest BCUT2D eigenvalue weighted by Crippen LogP contribution is -2.37. The fraction of sp³-hybridized carbons (Fsp3) is 1.00. The van der Waals surface area contributed by atoms with Crippen LogP contribution in [-0.2, 0) is 4.43 Å². The van der Waals surface area contributed by atoms with Crippen LogP contribution in [0.5, 0.6) is 0 Å². The standard InChI is InChI=1S/C10H25NOSi/c1-4-5-6-7-8-11-9-10(2,3)12-13/h11H,4-9H2,1-3,13H3. The van der Waals surface area contributed by atoms with Crippen molar-refractivity contribution in [3.8, 4) is 0 Å². The summed E-state index contributed by atoms with van der Waals surface area (Å²) in [7, 11) is 0.828. The van der Waals surface area contributed by atoms with Gasteiger partial charge in [0.2, 0.25) is 0 Å². The minimum Gasteiger partial charge on any atom is -0.422 e. The van der Waals surface area contributed by atoms with Gasteiger partial charge < -0.3 is 9.74 Å². The van der Waals surface area contributed by atoms with Crippen LogP contribution in [0, 0.1) is 0 Å². The molecule has 0 rings (SSSR count). The zero-order chi connectivity index (χ0) is 10.2. The van der Waals surface area contributed by atoms with Gasteiger partial charge in [0.05, 0.1) is 5.60 Å². The molecule has 0 aromatic carbocycles. The van der Waals surface area contributed by atoms with Crippen LogP contribution in [0.25, 0.3) is 0 Å². The maximum absolute atomic E-state index is 5.44. The molecule has 0 spiro atoms. The average Bonchev–Trinajstić information content (AvgIpc) is 2.11.